The number of aromatic nitrogens is 2. The topological polar surface area (TPSA) is 53.1 Å². The minimum atomic E-state index is 0.416. The minimum absolute atomic E-state index is 0.416. The first kappa shape index (κ1) is 16.6. The van der Waals surface area contributed by atoms with E-state index in [0.717, 1.165) is 23.2 Å². The van der Waals surface area contributed by atoms with Crippen molar-refractivity contribution in [3.63, 3.8) is 0 Å². The first-order valence-electron chi connectivity index (χ1n) is 8.08. The van der Waals surface area contributed by atoms with Crippen molar-refractivity contribution in [3.8, 4) is 12.3 Å². The van der Waals surface area contributed by atoms with Crippen molar-refractivity contribution in [2.75, 3.05) is 35.2 Å². The van der Waals surface area contributed by atoms with Crippen LogP contribution in [0.3, 0.4) is 0 Å². The number of nitrogens with zero attached hydrogens (tertiary/aromatic N) is 3. The largest absolute Gasteiger partial charge is 0.372 e. The molecule has 0 atom stereocenters. The van der Waals surface area contributed by atoms with Crippen LogP contribution in [0.2, 0.25) is 0 Å². The van der Waals surface area contributed by atoms with Crippen LogP contribution in [0.25, 0.3) is 0 Å². The Bertz CT molecular complexity index is 717. The molecule has 6 heteroatoms. The summed E-state index contributed by atoms with van der Waals surface area (Å²) < 4.78 is 0.781. The van der Waals surface area contributed by atoms with Gasteiger partial charge in [-0.05, 0) is 59.5 Å². The van der Waals surface area contributed by atoms with E-state index in [1.165, 1.54) is 24.9 Å². The van der Waals surface area contributed by atoms with E-state index in [9.17, 15) is 0 Å². The van der Waals surface area contributed by atoms with Gasteiger partial charge in [0.2, 0.25) is 5.95 Å². The van der Waals surface area contributed by atoms with Crippen LogP contribution in [-0.2, 0) is 0 Å². The minimum Gasteiger partial charge on any atom is -0.372 e. The number of halogens is 1. The van der Waals surface area contributed by atoms with Crippen LogP contribution in [-0.4, -0.2) is 29.6 Å². The third kappa shape index (κ3) is 4.18. The lowest BCUT2D eigenvalue weighted by Gasteiger charge is -2.28. The van der Waals surface area contributed by atoms with E-state index < -0.39 is 0 Å². The van der Waals surface area contributed by atoms with Gasteiger partial charge in [-0.15, -0.1) is 6.42 Å². The predicted molar refractivity (Wildman–Crippen MR) is 103 cm³/mol. The molecule has 0 aliphatic carbocycles. The number of hydrogen-bond acceptors (Lipinski definition) is 5. The molecule has 5 nitrogen and oxygen atoms in total. The molecule has 2 heterocycles. The van der Waals surface area contributed by atoms with Crippen LogP contribution in [0.15, 0.2) is 34.9 Å². The molecule has 124 valence electrons. The van der Waals surface area contributed by atoms with Gasteiger partial charge in [0.1, 0.15) is 5.82 Å². The molecule has 3 rings (SSSR count). The second-order valence-electron chi connectivity index (χ2n) is 5.67. The normalized spacial score (nSPS) is 14.1. The third-order valence-electron chi connectivity index (χ3n) is 3.95. The SMILES string of the molecule is C#CCNc1nc(Nc2ccc(N3CCCCC3)cc2)ncc1Br. The van der Waals surface area contributed by atoms with Gasteiger partial charge in [0.05, 0.1) is 11.0 Å². The van der Waals surface area contributed by atoms with Crippen molar-refractivity contribution < 1.29 is 0 Å². The molecule has 1 aliphatic rings. The van der Waals surface area contributed by atoms with E-state index in [4.69, 9.17) is 6.42 Å². The Labute approximate surface area is 151 Å². The van der Waals surface area contributed by atoms with Gasteiger partial charge in [-0.3, -0.25) is 0 Å². The third-order valence-corrected chi connectivity index (χ3v) is 4.53. The molecule has 1 fully saturated rings. The number of terminal acetylenes is 1. The van der Waals surface area contributed by atoms with Crippen LogP contribution in [0.4, 0.5) is 23.1 Å². The number of hydrogen-bond donors (Lipinski definition) is 2. The summed E-state index contributed by atoms with van der Waals surface area (Å²) in [4.78, 5) is 11.2. The Balaban J connectivity index is 1.68. The van der Waals surface area contributed by atoms with Gasteiger partial charge in [0, 0.05) is 30.7 Å². The average molecular weight is 386 g/mol. The van der Waals surface area contributed by atoms with Gasteiger partial charge in [-0.25, -0.2) is 4.98 Å². The van der Waals surface area contributed by atoms with Gasteiger partial charge < -0.3 is 15.5 Å². The summed E-state index contributed by atoms with van der Waals surface area (Å²) in [6.07, 6.45) is 10.9. The van der Waals surface area contributed by atoms with Crippen molar-refractivity contribution >= 4 is 39.1 Å². The standard InChI is InChI=1S/C18H20BrN5/c1-2-10-20-17-16(19)13-21-18(23-17)22-14-6-8-15(9-7-14)24-11-4-3-5-12-24/h1,6-9,13H,3-5,10-12H2,(H2,20,21,22,23). The van der Waals surface area contributed by atoms with Gasteiger partial charge in [-0.2, -0.15) is 4.98 Å². The zero-order chi connectivity index (χ0) is 16.8. The number of anilines is 4. The van der Waals surface area contributed by atoms with E-state index in [1.54, 1.807) is 6.20 Å². The second kappa shape index (κ2) is 8.02. The maximum Gasteiger partial charge on any atom is 0.229 e. The molecule has 1 aromatic carbocycles. The molecule has 0 bridgehead atoms. The first-order valence-corrected chi connectivity index (χ1v) is 8.87. The Hall–Kier alpha value is -2.26. The number of rotatable bonds is 5. The summed E-state index contributed by atoms with van der Waals surface area (Å²) in [7, 11) is 0. The quantitative estimate of drug-likeness (QED) is 0.761. The number of piperidine rings is 1. The lowest BCUT2D eigenvalue weighted by Crippen LogP contribution is -2.29. The van der Waals surface area contributed by atoms with Crippen LogP contribution >= 0.6 is 15.9 Å². The van der Waals surface area contributed by atoms with Crippen LogP contribution < -0.4 is 15.5 Å². The Morgan fingerprint density at radius 3 is 2.62 bits per heavy atom. The molecule has 2 aromatic rings. The number of nitrogens with one attached hydrogen (secondary N) is 2. The summed E-state index contributed by atoms with van der Waals surface area (Å²) in [5.74, 6) is 3.74. The molecule has 0 saturated carbocycles. The molecule has 0 spiro atoms. The van der Waals surface area contributed by atoms with E-state index in [-0.39, 0.29) is 0 Å². The van der Waals surface area contributed by atoms with Gasteiger partial charge in [-0.1, -0.05) is 5.92 Å². The zero-order valence-corrected chi connectivity index (χ0v) is 15.0. The highest BCUT2D eigenvalue weighted by Gasteiger charge is 2.11. The van der Waals surface area contributed by atoms with Crippen molar-refractivity contribution in [1.82, 2.24) is 9.97 Å². The average Bonchev–Trinajstić information content (AvgIpc) is 2.63. The predicted octanol–water partition coefficient (Wildman–Crippen LogP) is 4.02. The van der Waals surface area contributed by atoms with E-state index in [2.05, 4.69) is 71.6 Å². The lowest BCUT2D eigenvalue weighted by molar-refractivity contribution is 0.578. The van der Waals surface area contributed by atoms with Crippen molar-refractivity contribution in [3.05, 3.63) is 34.9 Å². The van der Waals surface area contributed by atoms with E-state index in [1.807, 2.05) is 0 Å². The van der Waals surface area contributed by atoms with E-state index >= 15 is 0 Å². The molecule has 1 saturated heterocycles. The molecule has 1 aliphatic heterocycles. The van der Waals surface area contributed by atoms with Crippen molar-refractivity contribution in [1.29, 1.82) is 0 Å². The molecule has 24 heavy (non-hydrogen) atoms. The molecule has 2 N–H and O–H groups in total. The highest BCUT2D eigenvalue weighted by molar-refractivity contribution is 9.10. The van der Waals surface area contributed by atoms with Gasteiger partial charge in [0.25, 0.3) is 0 Å². The van der Waals surface area contributed by atoms with Crippen LogP contribution in [0.1, 0.15) is 19.3 Å². The second-order valence-corrected chi connectivity index (χ2v) is 6.52. The Morgan fingerprint density at radius 1 is 1.17 bits per heavy atom. The molecule has 0 radical (unpaired) electrons. The fraction of sp³-hybridized carbons (Fsp3) is 0.333. The summed E-state index contributed by atoms with van der Waals surface area (Å²) in [6.45, 7) is 2.71. The molecular weight excluding hydrogens is 366 g/mol. The van der Waals surface area contributed by atoms with E-state index in [0.29, 0.717) is 18.3 Å². The Kier molecular flexibility index (Phi) is 5.55. The molecule has 0 amide bonds. The zero-order valence-electron chi connectivity index (χ0n) is 13.4. The summed E-state index contributed by atoms with van der Waals surface area (Å²) in [6, 6.07) is 8.40. The lowest BCUT2D eigenvalue weighted by atomic mass is 10.1. The van der Waals surface area contributed by atoms with Crippen molar-refractivity contribution in [2.45, 2.75) is 19.3 Å². The van der Waals surface area contributed by atoms with Gasteiger partial charge in [0.15, 0.2) is 0 Å². The van der Waals surface area contributed by atoms with Crippen molar-refractivity contribution in [2.24, 2.45) is 0 Å². The fourth-order valence-electron chi connectivity index (χ4n) is 2.72. The maximum atomic E-state index is 5.27. The Morgan fingerprint density at radius 2 is 1.92 bits per heavy atom. The highest BCUT2D eigenvalue weighted by atomic mass is 79.9. The smallest absolute Gasteiger partial charge is 0.229 e. The van der Waals surface area contributed by atoms with Crippen LogP contribution in [0, 0.1) is 12.3 Å². The summed E-state index contributed by atoms with van der Waals surface area (Å²) >= 11 is 3.41. The molecular formula is C18H20BrN5. The van der Waals surface area contributed by atoms with Gasteiger partial charge >= 0.3 is 0 Å². The first-order chi connectivity index (χ1) is 11.8. The summed E-state index contributed by atoms with van der Waals surface area (Å²) in [5.41, 5.74) is 2.23. The van der Waals surface area contributed by atoms with Crippen LogP contribution in [0.5, 0.6) is 0 Å². The monoisotopic (exact) mass is 385 g/mol. The molecule has 0 unspecified atom stereocenters. The number of benzene rings is 1. The summed E-state index contributed by atoms with van der Waals surface area (Å²) in [5, 5.41) is 6.28. The maximum absolute atomic E-state index is 5.27. The molecule has 1 aromatic heterocycles. The highest BCUT2D eigenvalue weighted by Crippen LogP contribution is 2.24. The fourth-order valence-corrected chi connectivity index (χ4v) is 3.05.